The first-order valence-electron chi connectivity index (χ1n) is 32.5. The lowest BCUT2D eigenvalue weighted by atomic mass is 10.0. The zero-order chi connectivity index (χ0) is 55.5. The number of carbonyl (C=O) groups is 1. The van der Waals surface area contributed by atoms with E-state index >= 15 is 0 Å². The van der Waals surface area contributed by atoms with Crippen molar-refractivity contribution in [1.29, 1.82) is 0 Å². The summed E-state index contributed by atoms with van der Waals surface area (Å²) < 4.78 is 0. The van der Waals surface area contributed by atoms with Gasteiger partial charge in [-0.05, 0) is 103 Å². The van der Waals surface area contributed by atoms with Gasteiger partial charge in [0.15, 0.2) is 0 Å². The summed E-state index contributed by atoms with van der Waals surface area (Å²) in [5, 5.41) is 23.4. The number of nitrogens with one attached hydrogen (secondary N) is 1. The van der Waals surface area contributed by atoms with Crippen LogP contribution in [0.15, 0.2) is 146 Å². The quantitative estimate of drug-likeness (QED) is 0.0420. The zero-order valence-electron chi connectivity index (χ0n) is 50.4. The van der Waals surface area contributed by atoms with Gasteiger partial charge < -0.3 is 15.5 Å². The van der Waals surface area contributed by atoms with Crippen LogP contribution in [0.3, 0.4) is 0 Å². The van der Waals surface area contributed by atoms with Gasteiger partial charge in [-0.2, -0.15) is 0 Å². The fourth-order valence-corrected chi connectivity index (χ4v) is 9.23. The summed E-state index contributed by atoms with van der Waals surface area (Å²) in [7, 11) is 0. The van der Waals surface area contributed by atoms with Gasteiger partial charge in [0.05, 0.1) is 18.8 Å². The van der Waals surface area contributed by atoms with Gasteiger partial charge in [-0.15, -0.1) is 0 Å². The van der Waals surface area contributed by atoms with Crippen LogP contribution in [-0.2, 0) is 4.79 Å². The van der Waals surface area contributed by atoms with Crippen LogP contribution in [0.25, 0.3) is 0 Å². The molecular weight excluding hydrogens is 939 g/mol. The van der Waals surface area contributed by atoms with Gasteiger partial charge in [0.25, 0.3) is 0 Å². The van der Waals surface area contributed by atoms with E-state index in [9.17, 15) is 15.0 Å². The van der Waals surface area contributed by atoms with E-state index in [0.717, 1.165) is 109 Å². The minimum atomic E-state index is -0.690. The lowest BCUT2D eigenvalue weighted by molar-refractivity contribution is -0.123. The summed E-state index contributed by atoms with van der Waals surface area (Å²) >= 11 is 0. The van der Waals surface area contributed by atoms with Gasteiger partial charge in [0.1, 0.15) is 0 Å². The van der Waals surface area contributed by atoms with Crippen molar-refractivity contribution in [3.63, 3.8) is 0 Å². The first-order valence-corrected chi connectivity index (χ1v) is 32.5. The zero-order valence-corrected chi connectivity index (χ0v) is 50.4. The number of carbonyl (C=O) groups excluding carboxylic acids is 1. The Labute approximate surface area is 478 Å². The smallest absolute Gasteiger partial charge is 0.220 e. The molecule has 0 aliphatic rings. The molecule has 0 spiro atoms. The molecule has 0 aromatic rings. The number of rotatable bonds is 58. The van der Waals surface area contributed by atoms with E-state index in [1.165, 1.54) is 154 Å². The summed E-state index contributed by atoms with van der Waals surface area (Å²) in [4.78, 5) is 12.5. The Morgan fingerprint density at radius 2 is 0.571 bits per heavy atom. The number of amides is 1. The number of hydrogen-bond acceptors (Lipinski definition) is 3. The molecule has 0 aromatic carbocycles. The third-order valence-corrected chi connectivity index (χ3v) is 14.1. The van der Waals surface area contributed by atoms with Crippen molar-refractivity contribution in [2.75, 3.05) is 6.61 Å². The molecule has 0 aromatic heterocycles. The molecule has 4 heteroatoms. The molecule has 0 aliphatic heterocycles. The topological polar surface area (TPSA) is 69.6 Å². The molecule has 2 atom stereocenters. The molecule has 0 aliphatic carbocycles. The maximum atomic E-state index is 12.5. The molecule has 1 amide bonds. The van der Waals surface area contributed by atoms with Crippen LogP contribution in [0, 0.1) is 0 Å². The fraction of sp³-hybridized carbons (Fsp3) is 0.658. The summed E-state index contributed by atoms with van der Waals surface area (Å²) in [6, 6.07) is -0.572. The molecule has 4 nitrogen and oxygen atoms in total. The molecule has 2 unspecified atom stereocenters. The van der Waals surface area contributed by atoms with Crippen LogP contribution in [0.4, 0.5) is 0 Å². The van der Waals surface area contributed by atoms with Crippen molar-refractivity contribution in [3.05, 3.63) is 146 Å². The van der Waals surface area contributed by atoms with E-state index in [0.29, 0.717) is 12.8 Å². The second-order valence-electron chi connectivity index (χ2n) is 21.5. The van der Waals surface area contributed by atoms with Crippen LogP contribution in [0.5, 0.6) is 0 Å². The predicted octanol–water partition coefficient (Wildman–Crippen LogP) is 22.3. The maximum Gasteiger partial charge on any atom is 0.220 e. The second-order valence-corrected chi connectivity index (χ2v) is 21.5. The Bertz CT molecular complexity index is 1580. The molecule has 438 valence electrons. The van der Waals surface area contributed by atoms with Crippen molar-refractivity contribution in [2.45, 2.75) is 302 Å². The Hall–Kier alpha value is -3.73. The highest BCUT2D eigenvalue weighted by Crippen LogP contribution is 2.17. The highest BCUT2D eigenvalue weighted by atomic mass is 16.3. The van der Waals surface area contributed by atoms with Crippen molar-refractivity contribution >= 4 is 5.91 Å². The standard InChI is InChI=1S/C73H123NO3/c1-3-5-7-9-11-13-15-17-19-21-23-25-27-29-31-32-33-34-35-36-37-38-39-40-41-42-43-45-47-49-51-53-55-57-59-61-63-65-67-69-73(77)74-71(70-75)72(76)68-66-64-62-60-58-56-54-52-50-48-46-44-30-28-26-24-22-20-18-16-14-12-10-8-6-4-2/h5,7,11,13,17,19,23,25,29,31,33-34,36-37,39-40,42-43,47,49,53,55,59,61,71-72,75-76H,3-4,6,8-10,12,14-16,18,20-22,24,26-28,30,32,35,38,41,44-46,48,50-52,54,56-58,60,62-70H2,1-2H3,(H,74,77)/b7-5-,13-11-,19-17-,25-23-,31-29-,34-33-,37-36-,40-39-,43-42-,49-47-,55-53-,61-59-. The SMILES string of the molecule is CC/C=C\C/C=C\C/C=C\C/C=C\C/C=C\C/C=C\C/C=C\C/C=C\C/C=C\C/C=C\C/C=C\C/C=C\CCCCC(=O)NC(CO)C(O)CCCCCCCCCCCCCCCCCCCCCCCCCCCC. The predicted molar refractivity (Wildman–Crippen MR) is 345 cm³/mol. The van der Waals surface area contributed by atoms with Crippen molar-refractivity contribution < 1.29 is 15.0 Å². The summed E-state index contributed by atoms with van der Waals surface area (Å²) in [6.07, 6.45) is 104. The molecule has 0 fully saturated rings. The van der Waals surface area contributed by atoms with Crippen LogP contribution >= 0.6 is 0 Å². The summed E-state index contributed by atoms with van der Waals surface area (Å²) in [5.74, 6) is -0.0761. The van der Waals surface area contributed by atoms with Crippen LogP contribution < -0.4 is 5.32 Å². The minimum absolute atomic E-state index is 0.0761. The second kappa shape index (κ2) is 66.5. The van der Waals surface area contributed by atoms with Crippen LogP contribution in [0.2, 0.25) is 0 Å². The van der Waals surface area contributed by atoms with Gasteiger partial charge in [-0.1, -0.05) is 327 Å². The average Bonchev–Trinajstić information content (AvgIpc) is 3.43. The lowest BCUT2D eigenvalue weighted by Crippen LogP contribution is -2.45. The van der Waals surface area contributed by atoms with Crippen molar-refractivity contribution in [3.8, 4) is 0 Å². The molecular formula is C73H123NO3. The number of hydrogen-bond donors (Lipinski definition) is 3. The number of aliphatic hydroxyl groups excluding tert-OH is 2. The Balaban J connectivity index is 3.65. The van der Waals surface area contributed by atoms with Gasteiger partial charge >= 0.3 is 0 Å². The lowest BCUT2D eigenvalue weighted by Gasteiger charge is -2.22. The van der Waals surface area contributed by atoms with Crippen LogP contribution in [-0.4, -0.2) is 34.9 Å². The third-order valence-electron chi connectivity index (χ3n) is 14.1. The molecule has 0 bridgehead atoms. The molecule has 0 saturated heterocycles. The van der Waals surface area contributed by atoms with Crippen molar-refractivity contribution in [2.24, 2.45) is 0 Å². The monoisotopic (exact) mass is 1060 g/mol. The Morgan fingerprint density at radius 3 is 0.831 bits per heavy atom. The van der Waals surface area contributed by atoms with Gasteiger partial charge in [0, 0.05) is 6.42 Å². The first kappa shape index (κ1) is 73.3. The summed E-state index contributed by atoms with van der Waals surface area (Å²) in [5.41, 5.74) is 0. The average molecular weight is 1060 g/mol. The largest absolute Gasteiger partial charge is 0.394 e. The molecule has 0 rings (SSSR count). The summed E-state index contributed by atoms with van der Waals surface area (Å²) in [6.45, 7) is 4.24. The van der Waals surface area contributed by atoms with E-state index in [-0.39, 0.29) is 12.5 Å². The molecule has 3 N–H and O–H groups in total. The van der Waals surface area contributed by atoms with E-state index < -0.39 is 12.1 Å². The Morgan fingerprint density at radius 1 is 0.325 bits per heavy atom. The highest BCUT2D eigenvalue weighted by molar-refractivity contribution is 5.76. The molecule has 0 radical (unpaired) electrons. The van der Waals surface area contributed by atoms with Gasteiger partial charge in [0.2, 0.25) is 5.91 Å². The van der Waals surface area contributed by atoms with Gasteiger partial charge in [-0.3, -0.25) is 4.79 Å². The highest BCUT2D eigenvalue weighted by Gasteiger charge is 2.20. The van der Waals surface area contributed by atoms with E-state index in [1.54, 1.807) is 0 Å². The molecule has 77 heavy (non-hydrogen) atoms. The normalized spacial score (nSPS) is 13.8. The molecule has 0 saturated carbocycles. The van der Waals surface area contributed by atoms with E-state index in [1.807, 2.05) is 0 Å². The number of unbranched alkanes of at least 4 members (excludes halogenated alkanes) is 27. The Kier molecular flexibility index (Phi) is 63.3. The number of aliphatic hydroxyl groups is 2. The van der Waals surface area contributed by atoms with Gasteiger partial charge in [-0.25, -0.2) is 0 Å². The first-order chi connectivity index (χ1) is 38.2. The van der Waals surface area contributed by atoms with E-state index in [4.69, 9.17) is 0 Å². The maximum absolute atomic E-state index is 12.5. The number of allylic oxidation sites excluding steroid dienone is 24. The van der Waals surface area contributed by atoms with Crippen LogP contribution in [0.1, 0.15) is 290 Å². The van der Waals surface area contributed by atoms with Crippen molar-refractivity contribution in [1.82, 2.24) is 5.32 Å². The molecule has 0 heterocycles. The third kappa shape index (κ3) is 63.0. The fourth-order valence-electron chi connectivity index (χ4n) is 9.23. The van der Waals surface area contributed by atoms with E-state index in [2.05, 4.69) is 165 Å². The minimum Gasteiger partial charge on any atom is -0.394 e.